The minimum absolute atomic E-state index is 0.237. The van der Waals surface area contributed by atoms with Crippen LogP contribution < -0.4 is 14.8 Å². The van der Waals surface area contributed by atoms with Gasteiger partial charge in [-0.1, -0.05) is 0 Å². The molecule has 1 aromatic carbocycles. The van der Waals surface area contributed by atoms with E-state index in [4.69, 9.17) is 9.47 Å². The van der Waals surface area contributed by atoms with Gasteiger partial charge in [-0.3, -0.25) is 0 Å². The van der Waals surface area contributed by atoms with Crippen molar-refractivity contribution >= 4 is 6.09 Å². The van der Waals surface area contributed by atoms with Gasteiger partial charge in [0.05, 0.1) is 0 Å². The van der Waals surface area contributed by atoms with Crippen LogP contribution in [0.1, 0.15) is 20.8 Å². The Balaban J connectivity index is 1.91. The molecule has 1 N–H and O–H groups in total. The minimum atomic E-state index is -0.295. The number of nitrogens with one attached hydrogen (secondary N) is 1. The van der Waals surface area contributed by atoms with Gasteiger partial charge < -0.3 is 19.7 Å². The zero-order valence-electron chi connectivity index (χ0n) is 12.3. The highest BCUT2D eigenvalue weighted by Gasteiger charge is 2.18. The molecule has 0 aromatic heterocycles. The van der Waals surface area contributed by atoms with E-state index in [1.807, 2.05) is 32.9 Å². The first-order valence-electron chi connectivity index (χ1n) is 6.91. The molecule has 1 aliphatic heterocycles. The Morgan fingerprint density at radius 1 is 1.10 bits per heavy atom. The first kappa shape index (κ1) is 14.7. The number of hydrogen-bond donors (Lipinski definition) is 1. The monoisotopic (exact) mass is 278 g/mol. The fraction of sp³-hybridized carbons (Fsp3) is 0.533. The average molecular weight is 278 g/mol. The number of hydrogen-bond acceptors (Lipinski definition) is 4. The van der Waals surface area contributed by atoms with Crippen LogP contribution in [0, 0.1) is 0 Å². The molecule has 0 bridgehead atoms. The summed E-state index contributed by atoms with van der Waals surface area (Å²) in [5.74, 6) is 1.30. The van der Waals surface area contributed by atoms with Gasteiger partial charge in [0.15, 0.2) is 0 Å². The van der Waals surface area contributed by atoms with Crippen LogP contribution in [0.4, 0.5) is 4.79 Å². The number of piperazine rings is 1. The molecule has 1 fully saturated rings. The van der Waals surface area contributed by atoms with Crippen molar-refractivity contribution in [1.82, 2.24) is 10.2 Å². The summed E-state index contributed by atoms with van der Waals surface area (Å²) in [6.45, 7) is 8.97. The standard InChI is InChI=1S/C15H22N2O3/c1-15(2,3)20-13-6-4-12(5-7-13)19-14(18)17-10-8-16-9-11-17/h4-7,16H,8-11H2,1-3H3. The van der Waals surface area contributed by atoms with Gasteiger partial charge >= 0.3 is 6.09 Å². The zero-order valence-corrected chi connectivity index (χ0v) is 12.3. The molecule has 0 atom stereocenters. The van der Waals surface area contributed by atoms with Crippen molar-refractivity contribution in [2.45, 2.75) is 26.4 Å². The second-order valence-electron chi connectivity index (χ2n) is 5.79. The van der Waals surface area contributed by atoms with Crippen molar-refractivity contribution in [3.63, 3.8) is 0 Å². The van der Waals surface area contributed by atoms with Crippen LogP contribution in [0.25, 0.3) is 0 Å². The minimum Gasteiger partial charge on any atom is -0.488 e. The molecule has 1 heterocycles. The Labute approximate surface area is 119 Å². The summed E-state index contributed by atoms with van der Waals surface area (Å²) in [6, 6.07) is 7.12. The summed E-state index contributed by atoms with van der Waals surface area (Å²) in [5.41, 5.74) is -0.237. The summed E-state index contributed by atoms with van der Waals surface area (Å²) in [7, 11) is 0. The highest BCUT2D eigenvalue weighted by Crippen LogP contribution is 2.22. The average Bonchev–Trinajstić information content (AvgIpc) is 2.40. The van der Waals surface area contributed by atoms with Gasteiger partial charge in [-0.25, -0.2) is 4.79 Å². The molecule has 1 aliphatic rings. The largest absolute Gasteiger partial charge is 0.488 e. The summed E-state index contributed by atoms with van der Waals surface area (Å²) < 4.78 is 11.1. The molecule has 5 nitrogen and oxygen atoms in total. The molecule has 20 heavy (non-hydrogen) atoms. The maximum atomic E-state index is 11.9. The third kappa shape index (κ3) is 4.42. The van der Waals surface area contributed by atoms with Gasteiger partial charge in [-0.2, -0.15) is 0 Å². The van der Waals surface area contributed by atoms with Gasteiger partial charge in [-0.05, 0) is 45.0 Å². The fourth-order valence-corrected chi connectivity index (χ4v) is 1.94. The van der Waals surface area contributed by atoms with Crippen molar-refractivity contribution in [2.75, 3.05) is 26.2 Å². The highest BCUT2D eigenvalue weighted by molar-refractivity contribution is 5.70. The molecule has 1 amide bonds. The van der Waals surface area contributed by atoms with Gasteiger partial charge in [0.1, 0.15) is 17.1 Å². The van der Waals surface area contributed by atoms with E-state index in [0.717, 1.165) is 18.8 Å². The van der Waals surface area contributed by atoms with Gasteiger partial charge in [0.25, 0.3) is 0 Å². The summed E-state index contributed by atoms with van der Waals surface area (Å²) in [5, 5.41) is 3.20. The van der Waals surface area contributed by atoms with E-state index in [1.165, 1.54) is 0 Å². The number of carbonyl (C=O) groups is 1. The lowest BCUT2D eigenvalue weighted by molar-refractivity contribution is 0.130. The Morgan fingerprint density at radius 2 is 1.65 bits per heavy atom. The Hall–Kier alpha value is -1.75. The van der Waals surface area contributed by atoms with E-state index in [-0.39, 0.29) is 11.7 Å². The fourth-order valence-electron chi connectivity index (χ4n) is 1.94. The smallest absolute Gasteiger partial charge is 0.415 e. The van der Waals surface area contributed by atoms with Crippen LogP contribution in [0.3, 0.4) is 0 Å². The molecule has 1 saturated heterocycles. The van der Waals surface area contributed by atoms with Gasteiger partial charge in [0, 0.05) is 26.2 Å². The molecule has 0 unspecified atom stereocenters. The van der Waals surface area contributed by atoms with Crippen LogP contribution >= 0.6 is 0 Å². The Bertz CT molecular complexity index is 445. The predicted octanol–water partition coefficient (Wildman–Crippen LogP) is 2.27. The van der Waals surface area contributed by atoms with E-state index in [9.17, 15) is 4.79 Å². The van der Waals surface area contributed by atoms with Crippen molar-refractivity contribution in [2.24, 2.45) is 0 Å². The topological polar surface area (TPSA) is 50.8 Å². The van der Waals surface area contributed by atoms with Crippen molar-refractivity contribution < 1.29 is 14.3 Å². The third-order valence-corrected chi connectivity index (χ3v) is 2.83. The van der Waals surface area contributed by atoms with Crippen LogP contribution in [-0.4, -0.2) is 42.8 Å². The van der Waals surface area contributed by atoms with E-state index < -0.39 is 0 Å². The molecule has 0 spiro atoms. The predicted molar refractivity (Wildman–Crippen MR) is 77.3 cm³/mol. The van der Waals surface area contributed by atoms with Crippen LogP contribution in [-0.2, 0) is 0 Å². The molecular weight excluding hydrogens is 256 g/mol. The van der Waals surface area contributed by atoms with E-state index in [2.05, 4.69) is 5.32 Å². The maximum absolute atomic E-state index is 11.9. The van der Waals surface area contributed by atoms with Crippen molar-refractivity contribution in [1.29, 1.82) is 0 Å². The summed E-state index contributed by atoms with van der Waals surface area (Å²) in [6.07, 6.45) is -0.295. The normalized spacial score (nSPS) is 15.8. The van der Waals surface area contributed by atoms with Crippen LogP contribution in [0.2, 0.25) is 0 Å². The lowest BCUT2D eigenvalue weighted by Gasteiger charge is -2.26. The summed E-state index contributed by atoms with van der Waals surface area (Å²) >= 11 is 0. The molecule has 1 aromatic rings. The molecular formula is C15H22N2O3. The van der Waals surface area contributed by atoms with Gasteiger partial charge in [-0.15, -0.1) is 0 Å². The van der Waals surface area contributed by atoms with E-state index in [0.29, 0.717) is 18.8 Å². The summed E-state index contributed by atoms with van der Waals surface area (Å²) in [4.78, 5) is 13.6. The van der Waals surface area contributed by atoms with E-state index >= 15 is 0 Å². The molecule has 2 rings (SSSR count). The molecule has 110 valence electrons. The third-order valence-electron chi connectivity index (χ3n) is 2.83. The van der Waals surface area contributed by atoms with Crippen LogP contribution in [0.15, 0.2) is 24.3 Å². The van der Waals surface area contributed by atoms with Crippen molar-refractivity contribution in [3.05, 3.63) is 24.3 Å². The molecule has 5 heteroatoms. The maximum Gasteiger partial charge on any atom is 0.415 e. The Kier molecular flexibility index (Phi) is 4.49. The number of ether oxygens (including phenoxy) is 2. The molecule has 0 aliphatic carbocycles. The second-order valence-corrected chi connectivity index (χ2v) is 5.79. The SMILES string of the molecule is CC(C)(C)Oc1ccc(OC(=O)N2CCNCC2)cc1. The number of rotatable bonds is 2. The lowest BCUT2D eigenvalue weighted by Crippen LogP contribution is -2.47. The highest BCUT2D eigenvalue weighted by atomic mass is 16.6. The zero-order chi connectivity index (χ0) is 14.6. The number of nitrogens with zero attached hydrogens (tertiary/aromatic N) is 1. The molecule has 0 radical (unpaired) electrons. The van der Waals surface area contributed by atoms with Crippen LogP contribution in [0.5, 0.6) is 11.5 Å². The first-order valence-corrected chi connectivity index (χ1v) is 6.91. The lowest BCUT2D eigenvalue weighted by atomic mass is 10.2. The number of benzene rings is 1. The van der Waals surface area contributed by atoms with E-state index in [1.54, 1.807) is 17.0 Å². The Morgan fingerprint density at radius 3 is 2.20 bits per heavy atom. The van der Waals surface area contributed by atoms with Crippen molar-refractivity contribution in [3.8, 4) is 11.5 Å². The molecule has 0 saturated carbocycles. The van der Waals surface area contributed by atoms with Gasteiger partial charge in [0.2, 0.25) is 0 Å². The first-order chi connectivity index (χ1) is 9.44. The quantitative estimate of drug-likeness (QED) is 0.901. The number of carbonyl (C=O) groups excluding carboxylic acids is 1. The second kappa shape index (κ2) is 6.13. The number of amides is 1.